The fourth-order valence-electron chi connectivity index (χ4n) is 1.95. The van der Waals surface area contributed by atoms with Gasteiger partial charge in [-0.1, -0.05) is 25.7 Å². The zero-order chi connectivity index (χ0) is 15.9. The lowest BCUT2D eigenvalue weighted by Gasteiger charge is -2.30. The van der Waals surface area contributed by atoms with Crippen LogP contribution in [0.2, 0.25) is 19.6 Å². The van der Waals surface area contributed by atoms with E-state index in [0.717, 1.165) is 6.42 Å². The molecule has 120 valence electrons. The van der Waals surface area contributed by atoms with Gasteiger partial charge in [-0.15, -0.1) is 11.5 Å². The molecule has 1 heterocycles. The van der Waals surface area contributed by atoms with Gasteiger partial charge in [0.1, 0.15) is 8.07 Å². The molecule has 1 aliphatic rings. The summed E-state index contributed by atoms with van der Waals surface area (Å²) >= 11 is 0. The molecule has 4 nitrogen and oxygen atoms in total. The van der Waals surface area contributed by atoms with Gasteiger partial charge in [-0.05, 0) is 26.3 Å². The number of aliphatic hydroxyl groups is 1. The summed E-state index contributed by atoms with van der Waals surface area (Å²) in [5.41, 5.74) is 3.32. The average Bonchev–Trinajstić information content (AvgIpc) is 2.37. The van der Waals surface area contributed by atoms with Crippen molar-refractivity contribution in [3.63, 3.8) is 0 Å². The molecule has 0 aromatic heterocycles. The number of aliphatic hydroxyl groups excluding tert-OH is 1. The molecule has 0 aliphatic carbocycles. The Balaban J connectivity index is 2.44. The predicted octanol–water partition coefficient (Wildman–Crippen LogP) is 2.69. The number of ether oxygens (including phenoxy) is 3. The van der Waals surface area contributed by atoms with Crippen LogP contribution in [0.25, 0.3) is 0 Å². The van der Waals surface area contributed by atoms with Gasteiger partial charge in [-0.3, -0.25) is 0 Å². The Morgan fingerprint density at radius 2 is 2.05 bits per heavy atom. The molecule has 1 unspecified atom stereocenters. The molecule has 0 radical (unpaired) electrons. The molecule has 5 heteroatoms. The first-order chi connectivity index (χ1) is 9.81. The Bertz CT molecular complexity index is 391. The summed E-state index contributed by atoms with van der Waals surface area (Å²) in [4.78, 5) is 0. The van der Waals surface area contributed by atoms with Gasteiger partial charge < -0.3 is 19.3 Å². The monoisotopic (exact) mass is 312 g/mol. The van der Waals surface area contributed by atoms with Gasteiger partial charge in [0.2, 0.25) is 0 Å². The summed E-state index contributed by atoms with van der Waals surface area (Å²) in [6.07, 6.45) is 3.22. The second kappa shape index (κ2) is 8.72. The van der Waals surface area contributed by atoms with Crippen LogP contribution in [-0.4, -0.2) is 44.6 Å². The lowest BCUT2D eigenvalue weighted by atomic mass is 10.1. The third kappa shape index (κ3) is 7.79. The molecule has 0 aromatic rings. The van der Waals surface area contributed by atoms with Crippen LogP contribution in [0, 0.1) is 11.5 Å². The van der Waals surface area contributed by atoms with Crippen molar-refractivity contribution in [2.45, 2.75) is 71.1 Å². The van der Waals surface area contributed by atoms with E-state index in [4.69, 9.17) is 14.2 Å². The molecular formula is C16H28O4Si. The van der Waals surface area contributed by atoms with Crippen LogP contribution in [0.15, 0.2) is 12.2 Å². The van der Waals surface area contributed by atoms with Crippen LogP contribution in [0.1, 0.15) is 26.7 Å². The zero-order valence-corrected chi connectivity index (χ0v) is 14.8. The maximum absolute atomic E-state index is 9.95. The topological polar surface area (TPSA) is 47.9 Å². The van der Waals surface area contributed by atoms with Crippen molar-refractivity contribution in [1.29, 1.82) is 0 Å². The SMILES string of the molecule is CCOC(C)O[C@@H]1C=C[C@H](O)[C@@H](CCC#C[Si](C)(C)C)O1. The first kappa shape index (κ1) is 18.4. The minimum Gasteiger partial charge on any atom is -0.386 e. The van der Waals surface area contributed by atoms with Gasteiger partial charge in [0.25, 0.3) is 0 Å². The van der Waals surface area contributed by atoms with Crippen molar-refractivity contribution >= 4 is 8.07 Å². The summed E-state index contributed by atoms with van der Waals surface area (Å²) in [6.45, 7) is 11.0. The predicted molar refractivity (Wildman–Crippen MR) is 86.3 cm³/mol. The van der Waals surface area contributed by atoms with Gasteiger partial charge in [-0.2, -0.15) is 0 Å². The van der Waals surface area contributed by atoms with Crippen molar-refractivity contribution in [3.05, 3.63) is 12.2 Å². The van der Waals surface area contributed by atoms with Crippen LogP contribution in [0.3, 0.4) is 0 Å². The molecule has 0 saturated heterocycles. The second-order valence-electron chi connectivity index (χ2n) is 6.17. The van der Waals surface area contributed by atoms with E-state index >= 15 is 0 Å². The van der Waals surface area contributed by atoms with E-state index in [1.807, 2.05) is 13.8 Å². The largest absolute Gasteiger partial charge is 0.386 e. The molecule has 0 aromatic carbocycles. The fourth-order valence-corrected chi connectivity index (χ4v) is 2.60. The van der Waals surface area contributed by atoms with E-state index in [9.17, 15) is 5.11 Å². The second-order valence-corrected chi connectivity index (χ2v) is 10.9. The summed E-state index contributed by atoms with van der Waals surface area (Å²) in [6, 6.07) is 0. The van der Waals surface area contributed by atoms with Crippen molar-refractivity contribution in [2.75, 3.05) is 6.61 Å². The maximum Gasteiger partial charge on any atom is 0.180 e. The number of rotatable bonds is 6. The van der Waals surface area contributed by atoms with E-state index < -0.39 is 20.5 Å². The lowest BCUT2D eigenvalue weighted by Crippen LogP contribution is -2.37. The zero-order valence-electron chi connectivity index (χ0n) is 13.8. The minimum atomic E-state index is -1.33. The Morgan fingerprint density at radius 1 is 1.33 bits per heavy atom. The highest BCUT2D eigenvalue weighted by molar-refractivity contribution is 6.83. The van der Waals surface area contributed by atoms with E-state index in [1.54, 1.807) is 12.2 Å². The van der Waals surface area contributed by atoms with Gasteiger partial charge in [-0.25, -0.2) is 0 Å². The van der Waals surface area contributed by atoms with Crippen LogP contribution in [0.5, 0.6) is 0 Å². The molecule has 0 fully saturated rings. The van der Waals surface area contributed by atoms with E-state index in [2.05, 4.69) is 31.1 Å². The van der Waals surface area contributed by atoms with Gasteiger partial charge in [0.05, 0.1) is 12.2 Å². The van der Waals surface area contributed by atoms with Gasteiger partial charge >= 0.3 is 0 Å². The maximum atomic E-state index is 9.95. The summed E-state index contributed by atoms with van der Waals surface area (Å²) in [7, 11) is -1.33. The lowest BCUT2D eigenvalue weighted by molar-refractivity contribution is -0.244. The molecule has 1 rings (SSSR count). The number of hydrogen-bond acceptors (Lipinski definition) is 4. The fraction of sp³-hybridized carbons (Fsp3) is 0.750. The third-order valence-corrected chi connectivity index (χ3v) is 3.83. The standard InChI is InChI=1S/C16H28O4Si/c1-6-18-13(2)19-16-11-10-14(17)15(20-16)9-7-8-12-21(3,4)5/h10-11,13-17H,6-7,9H2,1-5H3/t13?,14-,15+,16-/m0/s1. The molecule has 1 aliphatic heterocycles. The highest BCUT2D eigenvalue weighted by Crippen LogP contribution is 2.19. The summed E-state index contributed by atoms with van der Waals surface area (Å²) < 4.78 is 16.7. The summed E-state index contributed by atoms with van der Waals surface area (Å²) in [5.74, 6) is 3.20. The normalized spacial score (nSPS) is 27.0. The molecule has 0 spiro atoms. The number of hydrogen-bond donors (Lipinski definition) is 1. The van der Waals surface area contributed by atoms with Crippen molar-refractivity contribution in [2.24, 2.45) is 0 Å². The quantitative estimate of drug-likeness (QED) is 0.354. The smallest absolute Gasteiger partial charge is 0.180 e. The van der Waals surface area contributed by atoms with E-state index in [0.29, 0.717) is 13.0 Å². The first-order valence-electron chi connectivity index (χ1n) is 7.60. The molecule has 4 atom stereocenters. The Kier molecular flexibility index (Phi) is 7.64. The molecular weight excluding hydrogens is 284 g/mol. The molecule has 0 amide bonds. The van der Waals surface area contributed by atoms with Crippen molar-refractivity contribution in [1.82, 2.24) is 0 Å². The van der Waals surface area contributed by atoms with Crippen LogP contribution < -0.4 is 0 Å². The van der Waals surface area contributed by atoms with Gasteiger partial charge in [0, 0.05) is 13.0 Å². The van der Waals surface area contributed by atoms with Crippen molar-refractivity contribution in [3.8, 4) is 11.5 Å². The molecule has 21 heavy (non-hydrogen) atoms. The third-order valence-electron chi connectivity index (χ3n) is 2.90. The van der Waals surface area contributed by atoms with E-state index in [1.165, 1.54) is 0 Å². The van der Waals surface area contributed by atoms with Crippen molar-refractivity contribution < 1.29 is 19.3 Å². The van der Waals surface area contributed by atoms with Crippen LogP contribution in [-0.2, 0) is 14.2 Å². The van der Waals surface area contributed by atoms with Crippen LogP contribution in [0.4, 0.5) is 0 Å². The van der Waals surface area contributed by atoms with E-state index in [-0.39, 0.29) is 12.4 Å². The molecule has 0 saturated carbocycles. The highest BCUT2D eigenvalue weighted by atomic mass is 28.3. The average molecular weight is 312 g/mol. The molecule has 1 N–H and O–H groups in total. The minimum absolute atomic E-state index is 0.273. The molecule has 0 bridgehead atoms. The summed E-state index contributed by atoms with van der Waals surface area (Å²) in [5, 5.41) is 9.95. The Morgan fingerprint density at radius 3 is 2.67 bits per heavy atom. The van der Waals surface area contributed by atoms with Gasteiger partial charge in [0.15, 0.2) is 12.6 Å². The highest BCUT2D eigenvalue weighted by Gasteiger charge is 2.26. The first-order valence-corrected chi connectivity index (χ1v) is 11.1. The van der Waals surface area contributed by atoms with Crippen LogP contribution >= 0.6 is 0 Å². The Hall–Kier alpha value is -0.643. The Labute approximate surface area is 129 Å².